The molecule has 0 bridgehead atoms. The fourth-order valence-corrected chi connectivity index (χ4v) is 2.46. The first-order chi connectivity index (χ1) is 9.49. The topological polar surface area (TPSA) is 92.4 Å². The Bertz CT molecular complexity index is 630. The molecule has 0 saturated carbocycles. The molecule has 0 atom stereocenters. The van der Waals surface area contributed by atoms with Crippen molar-refractivity contribution in [2.24, 2.45) is 0 Å². The molecule has 2 aromatic heterocycles. The molecule has 0 radical (unpaired) electrons. The number of carboxylic acid groups (broad SMARTS) is 1. The Morgan fingerprint density at radius 3 is 2.80 bits per heavy atom. The molecular formula is C13H14N2O4S. The summed E-state index contributed by atoms with van der Waals surface area (Å²) >= 11 is 1.13. The molecule has 0 aliphatic rings. The Kier molecular flexibility index (Phi) is 4.19. The molecule has 2 aromatic rings. The van der Waals surface area contributed by atoms with Crippen LogP contribution in [0.15, 0.2) is 22.9 Å². The van der Waals surface area contributed by atoms with E-state index in [9.17, 15) is 9.59 Å². The largest absolute Gasteiger partial charge is 0.477 e. The zero-order valence-electron chi connectivity index (χ0n) is 11.0. The Morgan fingerprint density at radius 1 is 1.45 bits per heavy atom. The molecule has 2 N–H and O–H groups in total. The number of carbonyl (C=O) groups is 2. The maximum atomic E-state index is 12.0. The number of carbonyl (C=O) groups excluding carboxylic acids is 1. The van der Waals surface area contributed by atoms with Crippen molar-refractivity contribution in [3.63, 3.8) is 0 Å². The van der Waals surface area contributed by atoms with Crippen molar-refractivity contribution in [2.45, 2.75) is 26.3 Å². The van der Waals surface area contributed by atoms with Gasteiger partial charge >= 0.3 is 5.97 Å². The van der Waals surface area contributed by atoms with Crippen molar-refractivity contribution in [1.29, 1.82) is 0 Å². The predicted octanol–water partition coefficient (Wildman–Crippen LogP) is 2.49. The lowest BCUT2D eigenvalue weighted by molar-refractivity contribution is 0.0702. The summed E-state index contributed by atoms with van der Waals surface area (Å²) in [6.07, 6.45) is 1.25. The van der Waals surface area contributed by atoms with Crippen molar-refractivity contribution >= 4 is 23.2 Å². The van der Waals surface area contributed by atoms with E-state index in [2.05, 4.69) is 10.3 Å². The van der Waals surface area contributed by atoms with Gasteiger partial charge in [0.05, 0.1) is 6.54 Å². The van der Waals surface area contributed by atoms with Crippen LogP contribution in [0, 0.1) is 0 Å². The van der Waals surface area contributed by atoms with Gasteiger partial charge in [-0.05, 0) is 12.1 Å². The van der Waals surface area contributed by atoms with E-state index in [0.717, 1.165) is 16.2 Å². The van der Waals surface area contributed by atoms with Crippen molar-refractivity contribution in [2.75, 3.05) is 0 Å². The lowest BCUT2D eigenvalue weighted by Gasteiger charge is -2.04. The van der Waals surface area contributed by atoms with E-state index in [-0.39, 0.29) is 28.9 Å². The highest BCUT2D eigenvalue weighted by Gasteiger charge is 2.19. The Balaban J connectivity index is 2.01. The molecule has 0 spiro atoms. The number of hydrogen-bond donors (Lipinski definition) is 2. The van der Waals surface area contributed by atoms with E-state index < -0.39 is 5.97 Å². The number of aromatic carboxylic acids is 1. The molecule has 0 aliphatic carbocycles. The molecule has 20 heavy (non-hydrogen) atoms. The zero-order chi connectivity index (χ0) is 14.7. The van der Waals surface area contributed by atoms with E-state index >= 15 is 0 Å². The average Bonchev–Trinajstić information content (AvgIpc) is 3.04. The average molecular weight is 294 g/mol. The maximum Gasteiger partial charge on any atom is 0.345 e. The summed E-state index contributed by atoms with van der Waals surface area (Å²) in [6.45, 7) is 4.09. The lowest BCUT2D eigenvalue weighted by Crippen LogP contribution is -2.24. The third-order valence-electron chi connectivity index (χ3n) is 2.63. The molecule has 0 saturated heterocycles. The van der Waals surface area contributed by atoms with Crippen LogP contribution in [0.4, 0.5) is 0 Å². The van der Waals surface area contributed by atoms with Gasteiger partial charge in [0.2, 0.25) is 0 Å². The van der Waals surface area contributed by atoms with Crippen LogP contribution in [0.25, 0.3) is 0 Å². The number of oxazole rings is 1. The molecule has 2 heterocycles. The highest BCUT2D eigenvalue weighted by molar-refractivity contribution is 7.13. The number of amides is 1. The summed E-state index contributed by atoms with van der Waals surface area (Å²) in [5.41, 5.74) is 0.273. The monoisotopic (exact) mass is 294 g/mol. The van der Waals surface area contributed by atoms with Gasteiger partial charge in [-0.3, -0.25) is 4.79 Å². The van der Waals surface area contributed by atoms with Crippen LogP contribution in [0.2, 0.25) is 0 Å². The molecule has 106 valence electrons. The molecule has 0 fully saturated rings. The van der Waals surface area contributed by atoms with Gasteiger partial charge in [-0.15, -0.1) is 11.3 Å². The van der Waals surface area contributed by atoms with Gasteiger partial charge < -0.3 is 14.8 Å². The van der Waals surface area contributed by atoms with Crippen LogP contribution < -0.4 is 5.32 Å². The molecule has 2 rings (SSSR count). The van der Waals surface area contributed by atoms with Gasteiger partial charge in [0.1, 0.15) is 10.6 Å². The fraction of sp³-hybridized carbons (Fsp3) is 0.308. The van der Waals surface area contributed by atoms with Crippen LogP contribution in [-0.4, -0.2) is 22.0 Å². The number of rotatable bonds is 5. The van der Waals surface area contributed by atoms with E-state index in [1.165, 1.54) is 12.5 Å². The first-order valence-corrected chi connectivity index (χ1v) is 6.84. The summed E-state index contributed by atoms with van der Waals surface area (Å²) in [5, 5.41) is 11.5. The second-order valence-electron chi connectivity index (χ2n) is 4.47. The van der Waals surface area contributed by atoms with Crippen LogP contribution in [-0.2, 0) is 6.54 Å². The van der Waals surface area contributed by atoms with Crippen LogP contribution in [0.1, 0.15) is 50.6 Å². The Hall–Kier alpha value is -2.15. The molecule has 7 heteroatoms. The number of thiophene rings is 1. The standard InChI is InChI=1S/C13H14N2O4S/c1-7(2)11-10(15-6-19-11)12(16)14-5-8-3-4-9(20-8)13(17)18/h3-4,6-7H,5H2,1-2H3,(H,14,16)(H,17,18). The highest BCUT2D eigenvalue weighted by atomic mass is 32.1. The van der Waals surface area contributed by atoms with Gasteiger partial charge in [-0.2, -0.15) is 0 Å². The van der Waals surface area contributed by atoms with Gasteiger partial charge in [0.15, 0.2) is 12.1 Å². The first kappa shape index (κ1) is 14.3. The SMILES string of the molecule is CC(C)c1ocnc1C(=O)NCc1ccc(C(=O)O)s1. The smallest absolute Gasteiger partial charge is 0.345 e. The quantitative estimate of drug-likeness (QED) is 0.883. The number of hydrogen-bond acceptors (Lipinski definition) is 5. The van der Waals surface area contributed by atoms with E-state index in [1.54, 1.807) is 6.07 Å². The second-order valence-corrected chi connectivity index (χ2v) is 5.64. The summed E-state index contributed by atoms with van der Waals surface area (Å²) < 4.78 is 5.19. The van der Waals surface area contributed by atoms with Gasteiger partial charge in [-0.1, -0.05) is 13.8 Å². The predicted molar refractivity (Wildman–Crippen MR) is 73.0 cm³/mol. The Morgan fingerprint density at radius 2 is 2.20 bits per heavy atom. The number of aromatic nitrogens is 1. The summed E-state index contributed by atoms with van der Waals surface area (Å²) in [7, 11) is 0. The third-order valence-corrected chi connectivity index (χ3v) is 3.70. The van der Waals surface area contributed by atoms with Crippen LogP contribution in [0.3, 0.4) is 0 Å². The fourth-order valence-electron chi connectivity index (χ4n) is 1.67. The highest BCUT2D eigenvalue weighted by Crippen LogP contribution is 2.19. The minimum absolute atomic E-state index is 0.0681. The van der Waals surface area contributed by atoms with Crippen molar-refractivity contribution in [3.05, 3.63) is 39.7 Å². The summed E-state index contributed by atoms with van der Waals surface area (Å²) in [5.74, 6) is -0.683. The minimum Gasteiger partial charge on any atom is -0.477 e. The molecule has 6 nitrogen and oxygen atoms in total. The molecular weight excluding hydrogens is 280 g/mol. The van der Waals surface area contributed by atoms with Gasteiger partial charge in [0.25, 0.3) is 5.91 Å². The van der Waals surface area contributed by atoms with E-state index in [0.29, 0.717) is 5.76 Å². The lowest BCUT2D eigenvalue weighted by atomic mass is 10.1. The number of nitrogens with one attached hydrogen (secondary N) is 1. The molecule has 0 unspecified atom stereocenters. The zero-order valence-corrected chi connectivity index (χ0v) is 11.9. The van der Waals surface area contributed by atoms with Gasteiger partial charge in [0, 0.05) is 10.8 Å². The van der Waals surface area contributed by atoms with Crippen LogP contribution >= 0.6 is 11.3 Å². The van der Waals surface area contributed by atoms with Crippen LogP contribution in [0.5, 0.6) is 0 Å². The van der Waals surface area contributed by atoms with Crippen molar-refractivity contribution < 1.29 is 19.1 Å². The molecule has 0 aromatic carbocycles. The maximum absolute atomic E-state index is 12.0. The molecule has 0 aliphatic heterocycles. The van der Waals surface area contributed by atoms with Gasteiger partial charge in [-0.25, -0.2) is 9.78 Å². The summed E-state index contributed by atoms with van der Waals surface area (Å²) in [6, 6.07) is 3.20. The normalized spacial score (nSPS) is 10.8. The number of carboxylic acids is 1. The number of nitrogens with zero attached hydrogens (tertiary/aromatic N) is 1. The van der Waals surface area contributed by atoms with E-state index in [4.69, 9.17) is 9.52 Å². The third kappa shape index (κ3) is 3.05. The van der Waals surface area contributed by atoms with E-state index in [1.807, 2.05) is 13.8 Å². The van der Waals surface area contributed by atoms with Crippen molar-refractivity contribution in [3.8, 4) is 0 Å². The summed E-state index contributed by atoms with van der Waals surface area (Å²) in [4.78, 5) is 27.7. The second kappa shape index (κ2) is 5.87. The first-order valence-electron chi connectivity index (χ1n) is 6.02. The molecule has 1 amide bonds. The minimum atomic E-state index is -0.967. The Labute approximate surface area is 119 Å². The van der Waals surface area contributed by atoms with Crippen molar-refractivity contribution in [1.82, 2.24) is 10.3 Å².